The van der Waals surface area contributed by atoms with Crippen molar-refractivity contribution in [3.8, 4) is 0 Å². The van der Waals surface area contributed by atoms with E-state index in [0.29, 0.717) is 6.08 Å². The zero-order valence-electron chi connectivity index (χ0n) is 13.7. The molecule has 0 bridgehead atoms. The lowest BCUT2D eigenvalue weighted by molar-refractivity contribution is -0.147. The molecule has 1 aliphatic rings. The van der Waals surface area contributed by atoms with Crippen molar-refractivity contribution in [2.45, 2.75) is 26.6 Å². The van der Waals surface area contributed by atoms with Crippen LogP contribution in [0.5, 0.6) is 0 Å². The molecular weight excluding hydrogens is 412 g/mol. The molecule has 1 fully saturated rings. The number of carbonyl (C=O) groups is 1. The Morgan fingerprint density at radius 2 is 1.48 bits per heavy atom. The number of alkyl halides is 3. The van der Waals surface area contributed by atoms with Crippen molar-refractivity contribution in [2.24, 2.45) is 17.3 Å². The number of allylic oxidation sites excluding steroid dienone is 2. The quantitative estimate of drug-likeness (QED) is 0.282. The molecule has 2 unspecified atom stereocenters. The van der Waals surface area contributed by atoms with Gasteiger partial charge in [0.25, 0.3) is 0 Å². The summed E-state index contributed by atoms with van der Waals surface area (Å²) in [6.07, 6.45) is -4.20. The molecule has 2 rings (SSSR count). The van der Waals surface area contributed by atoms with Crippen molar-refractivity contribution < 1.29 is 44.7 Å². The summed E-state index contributed by atoms with van der Waals surface area (Å²) in [5.74, 6) is -14.4. The van der Waals surface area contributed by atoms with Crippen LogP contribution in [0, 0.1) is 46.3 Å². The number of hydrogen-bond acceptors (Lipinski definition) is 2. The van der Waals surface area contributed by atoms with Crippen LogP contribution in [0.2, 0.25) is 0 Å². The molecule has 0 aromatic heterocycles. The average molecular weight is 423 g/mol. The predicted molar refractivity (Wildman–Crippen MR) is 76.8 cm³/mol. The van der Waals surface area contributed by atoms with Crippen LogP contribution in [0.15, 0.2) is 11.1 Å². The summed E-state index contributed by atoms with van der Waals surface area (Å²) in [4.78, 5) is 12.0. The molecule has 1 saturated carbocycles. The van der Waals surface area contributed by atoms with E-state index in [4.69, 9.17) is 11.6 Å². The minimum absolute atomic E-state index is 0.617. The highest BCUT2D eigenvalue weighted by Crippen LogP contribution is 2.60. The Labute approximate surface area is 152 Å². The third-order valence-corrected chi connectivity index (χ3v) is 4.76. The van der Waals surface area contributed by atoms with Gasteiger partial charge < -0.3 is 4.74 Å². The lowest BCUT2D eigenvalue weighted by Gasteiger charge is -2.09. The van der Waals surface area contributed by atoms with Crippen LogP contribution in [0.1, 0.15) is 19.4 Å². The summed E-state index contributed by atoms with van der Waals surface area (Å²) in [5, 5.41) is -1.45. The second-order valence-electron chi connectivity index (χ2n) is 6.49. The predicted octanol–water partition coefficient (Wildman–Crippen LogP) is 5.38. The zero-order chi connectivity index (χ0) is 20.9. The first-order valence-corrected chi connectivity index (χ1v) is 7.70. The fraction of sp³-hybridized carbons (Fsp3) is 0.438. The fourth-order valence-corrected chi connectivity index (χ4v) is 2.84. The highest BCUT2D eigenvalue weighted by Gasteiger charge is 2.62. The van der Waals surface area contributed by atoms with E-state index < -0.39 is 75.7 Å². The van der Waals surface area contributed by atoms with Gasteiger partial charge >= 0.3 is 12.1 Å². The second-order valence-corrected chi connectivity index (χ2v) is 6.90. The molecule has 11 heteroatoms. The monoisotopic (exact) mass is 422 g/mol. The Bertz CT molecular complexity index is 787. The van der Waals surface area contributed by atoms with E-state index in [0.717, 1.165) is 0 Å². The molecule has 0 radical (unpaired) electrons. The Morgan fingerprint density at radius 1 is 1.04 bits per heavy atom. The normalized spacial score (nSPS) is 22.0. The number of esters is 1. The van der Waals surface area contributed by atoms with Gasteiger partial charge in [-0.15, -0.1) is 0 Å². The van der Waals surface area contributed by atoms with Gasteiger partial charge in [-0.3, -0.25) is 4.79 Å². The lowest BCUT2D eigenvalue weighted by atomic mass is 10.1. The number of halogens is 9. The Balaban J connectivity index is 2.16. The maximum Gasteiger partial charge on any atom is 0.426 e. The van der Waals surface area contributed by atoms with Gasteiger partial charge in [-0.25, -0.2) is 22.0 Å². The van der Waals surface area contributed by atoms with E-state index in [-0.39, 0.29) is 0 Å². The van der Waals surface area contributed by atoms with Gasteiger partial charge in [-0.05, 0) is 11.3 Å². The number of ether oxygens (including phenoxy) is 1. The van der Waals surface area contributed by atoms with Crippen molar-refractivity contribution in [1.82, 2.24) is 0 Å². The third-order valence-electron chi connectivity index (χ3n) is 4.42. The first-order valence-electron chi connectivity index (χ1n) is 7.32. The van der Waals surface area contributed by atoms with Crippen molar-refractivity contribution in [3.63, 3.8) is 0 Å². The van der Waals surface area contributed by atoms with E-state index in [1.807, 2.05) is 0 Å². The molecule has 0 N–H and O–H groups in total. The molecule has 1 aromatic carbocycles. The first-order chi connectivity index (χ1) is 12.2. The van der Waals surface area contributed by atoms with Crippen LogP contribution in [0.25, 0.3) is 0 Å². The van der Waals surface area contributed by atoms with Gasteiger partial charge in [0, 0.05) is 0 Å². The molecule has 0 aliphatic heterocycles. The van der Waals surface area contributed by atoms with Crippen LogP contribution in [-0.4, -0.2) is 12.1 Å². The SMILES string of the molecule is CC1(C)C(C=C(Cl)C(F)(F)F)C1C(=O)OCc1c(F)c(F)c(F)c(F)c1F. The second kappa shape index (κ2) is 6.96. The van der Waals surface area contributed by atoms with Crippen molar-refractivity contribution in [3.05, 3.63) is 45.8 Å². The molecule has 0 saturated heterocycles. The Kier molecular flexibility index (Phi) is 5.53. The summed E-state index contributed by atoms with van der Waals surface area (Å²) in [6.45, 7) is 1.58. The summed E-state index contributed by atoms with van der Waals surface area (Å²) in [7, 11) is 0. The molecule has 27 heavy (non-hydrogen) atoms. The lowest BCUT2D eigenvalue weighted by Crippen LogP contribution is -2.14. The van der Waals surface area contributed by atoms with Gasteiger partial charge in [-0.1, -0.05) is 31.5 Å². The molecule has 1 aromatic rings. The molecule has 2 atom stereocenters. The minimum atomic E-state index is -4.82. The van der Waals surface area contributed by atoms with Gasteiger partial charge in [0.05, 0.1) is 11.5 Å². The van der Waals surface area contributed by atoms with Crippen LogP contribution in [0.3, 0.4) is 0 Å². The largest absolute Gasteiger partial charge is 0.460 e. The number of rotatable bonds is 4. The highest BCUT2D eigenvalue weighted by atomic mass is 35.5. The zero-order valence-corrected chi connectivity index (χ0v) is 14.4. The molecule has 0 amide bonds. The third kappa shape index (κ3) is 3.90. The molecular formula is C16H11ClF8O2. The highest BCUT2D eigenvalue weighted by molar-refractivity contribution is 6.30. The van der Waals surface area contributed by atoms with Gasteiger partial charge in [0.2, 0.25) is 5.82 Å². The Morgan fingerprint density at radius 3 is 1.93 bits per heavy atom. The van der Waals surface area contributed by atoms with E-state index in [1.165, 1.54) is 13.8 Å². The summed E-state index contributed by atoms with van der Waals surface area (Å²) >= 11 is 5.12. The van der Waals surface area contributed by atoms with Crippen molar-refractivity contribution >= 4 is 17.6 Å². The van der Waals surface area contributed by atoms with Crippen LogP contribution >= 0.6 is 11.6 Å². The van der Waals surface area contributed by atoms with Crippen molar-refractivity contribution in [2.75, 3.05) is 0 Å². The average Bonchev–Trinajstić information content (AvgIpc) is 3.10. The molecule has 150 valence electrons. The summed E-state index contributed by atoms with van der Waals surface area (Å²) in [6, 6.07) is 0. The molecule has 0 heterocycles. The van der Waals surface area contributed by atoms with Crippen LogP contribution in [0.4, 0.5) is 35.1 Å². The minimum Gasteiger partial charge on any atom is -0.460 e. The number of hydrogen-bond donors (Lipinski definition) is 0. The molecule has 1 aliphatic carbocycles. The van der Waals surface area contributed by atoms with Crippen molar-refractivity contribution in [1.29, 1.82) is 0 Å². The smallest absolute Gasteiger partial charge is 0.426 e. The van der Waals surface area contributed by atoms with Crippen LogP contribution in [-0.2, 0) is 16.1 Å². The molecule has 0 spiro atoms. The van der Waals surface area contributed by atoms with E-state index in [9.17, 15) is 39.9 Å². The van der Waals surface area contributed by atoms with E-state index >= 15 is 0 Å². The maximum absolute atomic E-state index is 13.5. The van der Waals surface area contributed by atoms with Gasteiger partial charge in [0.15, 0.2) is 23.3 Å². The van der Waals surface area contributed by atoms with E-state index in [2.05, 4.69) is 4.74 Å². The van der Waals surface area contributed by atoms with Gasteiger partial charge in [0.1, 0.15) is 11.6 Å². The molecule has 2 nitrogen and oxygen atoms in total. The number of benzene rings is 1. The van der Waals surface area contributed by atoms with Gasteiger partial charge in [-0.2, -0.15) is 13.2 Å². The fourth-order valence-electron chi connectivity index (χ4n) is 2.70. The number of carbonyl (C=O) groups excluding carboxylic acids is 1. The Hall–Kier alpha value is -1.84. The maximum atomic E-state index is 13.5. The topological polar surface area (TPSA) is 26.3 Å². The van der Waals surface area contributed by atoms with E-state index in [1.54, 1.807) is 0 Å². The summed E-state index contributed by atoms with van der Waals surface area (Å²) < 4.78 is 108. The first kappa shape index (κ1) is 21.5. The van der Waals surface area contributed by atoms with Crippen LogP contribution < -0.4 is 0 Å². The standard InChI is InChI=1S/C16H11ClF8O2/c1-15(2)6(3-7(17)16(23,24)25)8(15)14(26)27-4-5-9(18)11(20)13(22)12(21)10(5)19/h3,6,8H,4H2,1-2H3. The summed E-state index contributed by atoms with van der Waals surface area (Å²) in [5.41, 5.74) is -2.36.